The molecule has 20 heavy (non-hydrogen) atoms. The Morgan fingerprint density at radius 3 is 2.90 bits per heavy atom. The van der Waals surface area contributed by atoms with Crippen molar-refractivity contribution >= 4 is 43.4 Å². The molecular weight excluding hydrogens is 304 g/mol. The third-order valence-electron chi connectivity index (χ3n) is 3.19. The first kappa shape index (κ1) is 14.2. The summed E-state index contributed by atoms with van der Waals surface area (Å²) in [6.45, 7) is 5.33. The average molecular weight is 323 g/mol. The first-order valence-electron chi connectivity index (χ1n) is 6.87. The van der Waals surface area contributed by atoms with Gasteiger partial charge in [-0.3, -0.25) is 0 Å². The molecule has 1 atom stereocenters. The Morgan fingerprint density at radius 1 is 1.30 bits per heavy atom. The van der Waals surface area contributed by atoms with E-state index in [9.17, 15) is 0 Å². The number of aromatic nitrogens is 1. The number of rotatable bonds is 6. The fourth-order valence-corrected chi connectivity index (χ4v) is 5.23. The van der Waals surface area contributed by atoms with E-state index < -0.39 is 0 Å². The monoisotopic (exact) mass is 322 g/mol. The van der Waals surface area contributed by atoms with Crippen LogP contribution in [0.15, 0.2) is 22.9 Å². The molecule has 0 spiro atoms. The van der Waals surface area contributed by atoms with Crippen molar-refractivity contribution in [2.24, 2.45) is 0 Å². The average Bonchev–Trinajstić information content (AvgIpc) is 3.09. The molecule has 3 aromatic rings. The van der Waals surface area contributed by atoms with Crippen LogP contribution < -0.4 is 5.32 Å². The maximum atomic E-state index is 4.61. The summed E-state index contributed by atoms with van der Waals surface area (Å²) in [6, 6.07) is 4.96. The summed E-state index contributed by atoms with van der Waals surface area (Å²) in [6.07, 6.45) is 2.15. The zero-order chi connectivity index (χ0) is 13.9. The molecule has 0 bridgehead atoms. The van der Waals surface area contributed by atoms with Crippen molar-refractivity contribution in [2.75, 3.05) is 6.54 Å². The third kappa shape index (κ3) is 3.11. The topological polar surface area (TPSA) is 24.9 Å². The van der Waals surface area contributed by atoms with E-state index >= 15 is 0 Å². The van der Waals surface area contributed by atoms with Crippen LogP contribution in [-0.2, 0) is 6.42 Å². The zero-order valence-electron chi connectivity index (χ0n) is 11.7. The molecule has 2 nitrogen and oxygen atoms in total. The molecule has 1 N–H and O–H groups in total. The summed E-state index contributed by atoms with van der Waals surface area (Å²) in [5.74, 6) is 0. The lowest BCUT2D eigenvalue weighted by Gasteiger charge is -2.15. The Bertz CT molecular complexity index is 651. The summed E-state index contributed by atoms with van der Waals surface area (Å²) in [4.78, 5) is 6.05. The summed E-state index contributed by atoms with van der Waals surface area (Å²) in [5, 5.41) is 9.21. The first-order valence-corrected chi connectivity index (χ1v) is 9.45. The molecule has 0 aromatic carbocycles. The van der Waals surface area contributed by atoms with Gasteiger partial charge in [0, 0.05) is 37.8 Å². The van der Waals surface area contributed by atoms with Crippen molar-refractivity contribution < 1.29 is 0 Å². The maximum Gasteiger partial charge on any atom is 0.0947 e. The van der Waals surface area contributed by atoms with Crippen molar-refractivity contribution in [3.8, 4) is 0 Å². The highest BCUT2D eigenvalue weighted by Crippen LogP contribution is 2.34. The van der Waals surface area contributed by atoms with Crippen LogP contribution in [0.5, 0.6) is 0 Å². The van der Waals surface area contributed by atoms with Gasteiger partial charge < -0.3 is 5.32 Å². The molecule has 0 amide bonds. The number of hydrogen-bond donors (Lipinski definition) is 1. The molecule has 0 saturated carbocycles. The van der Waals surface area contributed by atoms with Crippen LogP contribution >= 0.6 is 34.0 Å². The Kier molecular flexibility index (Phi) is 4.51. The van der Waals surface area contributed by atoms with Crippen LogP contribution in [-0.4, -0.2) is 11.5 Å². The second kappa shape index (κ2) is 6.35. The minimum atomic E-state index is 0.394. The summed E-state index contributed by atoms with van der Waals surface area (Å²) in [7, 11) is 0. The van der Waals surface area contributed by atoms with Gasteiger partial charge in [-0.25, -0.2) is 4.98 Å². The van der Waals surface area contributed by atoms with Crippen LogP contribution in [0, 0.1) is 6.92 Å². The van der Waals surface area contributed by atoms with Crippen molar-refractivity contribution in [3.63, 3.8) is 0 Å². The van der Waals surface area contributed by atoms with Gasteiger partial charge in [0.1, 0.15) is 0 Å². The molecule has 3 heterocycles. The van der Waals surface area contributed by atoms with Crippen LogP contribution in [0.4, 0.5) is 0 Å². The molecular formula is C15H18N2S3. The van der Waals surface area contributed by atoms with Gasteiger partial charge in [-0.1, -0.05) is 6.92 Å². The van der Waals surface area contributed by atoms with E-state index in [1.54, 1.807) is 11.3 Å². The Morgan fingerprint density at radius 2 is 2.20 bits per heavy atom. The van der Waals surface area contributed by atoms with E-state index in [2.05, 4.69) is 47.0 Å². The quantitative estimate of drug-likeness (QED) is 0.690. The molecule has 3 aromatic heterocycles. The number of nitrogens with zero attached hydrogens (tertiary/aromatic N) is 1. The molecule has 0 aliphatic heterocycles. The van der Waals surface area contributed by atoms with E-state index in [1.807, 2.05) is 22.7 Å². The molecule has 0 fully saturated rings. The maximum absolute atomic E-state index is 4.61. The van der Waals surface area contributed by atoms with Crippen molar-refractivity contribution in [1.29, 1.82) is 0 Å². The highest BCUT2D eigenvalue weighted by Gasteiger charge is 2.16. The van der Waals surface area contributed by atoms with Crippen molar-refractivity contribution in [2.45, 2.75) is 32.7 Å². The fraction of sp³-hybridized carbons (Fsp3) is 0.400. The normalized spacial score (nSPS) is 13.1. The molecule has 0 aliphatic rings. The number of thiazole rings is 1. The summed E-state index contributed by atoms with van der Waals surface area (Å²) >= 11 is 5.51. The van der Waals surface area contributed by atoms with E-state index in [0.717, 1.165) is 25.1 Å². The largest absolute Gasteiger partial charge is 0.309 e. The summed E-state index contributed by atoms with van der Waals surface area (Å²) < 4.78 is 2.81. The first-order chi connectivity index (χ1) is 9.76. The second-order valence-electron chi connectivity index (χ2n) is 4.89. The lowest BCUT2D eigenvalue weighted by Crippen LogP contribution is -2.23. The Hall–Kier alpha value is -0.750. The number of fused-ring (bicyclic) bond motifs is 1. The molecule has 1 unspecified atom stereocenters. The van der Waals surface area contributed by atoms with Gasteiger partial charge in [0.15, 0.2) is 0 Å². The van der Waals surface area contributed by atoms with Gasteiger partial charge >= 0.3 is 0 Å². The Balaban J connectivity index is 1.83. The molecule has 0 radical (unpaired) electrons. The molecule has 3 rings (SSSR count). The minimum absolute atomic E-state index is 0.394. The van der Waals surface area contributed by atoms with Crippen LogP contribution in [0.25, 0.3) is 9.40 Å². The van der Waals surface area contributed by atoms with Crippen molar-refractivity contribution in [1.82, 2.24) is 10.3 Å². The predicted octanol–water partition coefficient (Wildman–Crippen LogP) is 5.01. The minimum Gasteiger partial charge on any atom is -0.309 e. The van der Waals surface area contributed by atoms with Gasteiger partial charge in [0.25, 0.3) is 0 Å². The standard InChI is InChI=1S/C15H18N2S3/c1-3-5-16-11(7-15-17-10(2)9-19-15)13-8-14-12(20-13)4-6-18-14/h4,6,8-9,11,16H,3,5,7H2,1-2H3. The fourth-order valence-electron chi connectivity index (χ4n) is 2.22. The van der Waals surface area contributed by atoms with Crippen LogP contribution in [0.3, 0.4) is 0 Å². The zero-order valence-corrected chi connectivity index (χ0v) is 14.1. The van der Waals surface area contributed by atoms with E-state index in [0.29, 0.717) is 6.04 Å². The van der Waals surface area contributed by atoms with E-state index in [4.69, 9.17) is 0 Å². The number of nitrogens with one attached hydrogen (secondary N) is 1. The summed E-state index contributed by atoms with van der Waals surface area (Å²) in [5.41, 5.74) is 1.13. The number of aryl methyl sites for hydroxylation is 1. The highest BCUT2D eigenvalue weighted by molar-refractivity contribution is 7.27. The van der Waals surface area contributed by atoms with E-state index in [1.165, 1.54) is 19.3 Å². The molecule has 106 valence electrons. The van der Waals surface area contributed by atoms with Crippen LogP contribution in [0.2, 0.25) is 0 Å². The predicted molar refractivity (Wildman–Crippen MR) is 91.3 cm³/mol. The Labute approximate surface area is 131 Å². The number of hydrogen-bond acceptors (Lipinski definition) is 5. The lowest BCUT2D eigenvalue weighted by molar-refractivity contribution is 0.535. The van der Waals surface area contributed by atoms with Gasteiger partial charge in [-0.2, -0.15) is 0 Å². The lowest BCUT2D eigenvalue weighted by atomic mass is 10.1. The van der Waals surface area contributed by atoms with Gasteiger partial charge in [-0.15, -0.1) is 34.0 Å². The molecule has 0 aliphatic carbocycles. The number of thiophene rings is 2. The third-order valence-corrected chi connectivity index (χ3v) is 6.38. The van der Waals surface area contributed by atoms with Gasteiger partial charge in [0.05, 0.1) is 5.01 Å². The molecule has 0 saturated heterocycles. The van der Waals surface area contributed by atoms with Crippen molar-refractivity contribution in [3.05, 3.63) is 38.5 Å². The molecule has 5 heteroatoms. The van der Waals surface area contributed by atoms with Gasteiger partial charge in [-0.05, 0) is 37.4 Å². The van der Waals surface area contributed by atoms with Crippen LogP contribution in [0.1, 0.15) is 35.0 Å². The second-order valence-corrected chi connectivity index (χ2v) is 7.90. The van der Waals surface area contributed by atoms with E-state index in [-0.39, 0.29) is 0 Å². The van der Waals surface area contributed by atoms with Gasteiger partial charge in [0.2, 0.25) is 0 Å². The highest BCUT2D eigenvalue weighted by atomic mass is 32.1. The smallest absolute Gasteiger partial charge is 0.0947 e. The SMILES string of the molecule is CCCNC(Cc1nc(C)cs1)c1cc2sccc2s1.